The highest BCUT2D eigenvalue weighted by atomic mass is 35.5. The Labute approximate surface area is 170 Å². The van der Waals surface area contributed by atoms with Gasteiger partial charge in [-0.2, -0.15) is 0 Å². The molecule has 1 saturated heterocycles. The van der Waals surface area contributed by atoms with Crippen LogP contribution in [0, 0.1) is 11.8 Å². The number of anilines is 1. The third-order valence-electron chi connectivity index (χ3n) is 5.51. The highest BCUT2D eigenvalue weighted by molar-refractivity contribution is 6.11. The van der Waals surface area contributed by atoms with Gasteiger partial charge in [-0.25, -0.2) is 9.78 Å². The number of carbonyl (C=O) groups is 3. The average Bonchev–Trinajstić information content (AvgIpc) is 2.63. The van der Waals surface area contributed by atoms with Gasteiger partial charge < -0.3 is 21.1 Å². The maximum absolute atomic E-state index is 13.0. The van der Waals surface area contributed by atoms with Crippen molar-refractivity contribution in [2.75, 3.05) is 12.3 Å². The first kappa shape index (κ1) is 21.9. The Morgan fingerprint density at radius 1 is 1.29 bits per heavy atom. The zero-order valence-electron chi connectivity index (χ0n) is 15.7. The smallest absolute Gasteiger partial charge is 0.327 e. The number of nitrogens with one attached hydrogen (secondary N) is 1. The van der Waals surface area contributed by atoms with Crippen LogP contribution >= 0.6 is 12.4 Å². The largest absolute Gasteiger partial charge is 0.480 e. The maximum atomic E-state index is 13.0. The Kier molecular flexibility index (Phi) is 7.62. The van der Waals surface area contributed by atoms with Gasteiger partial charge >= 0.3 is 5.97 Å². The molecule has 2 atom stereocenters. The van der Waals surface area contributed by atoms with Crippen molar-refractivity contribution in [3.63, 3.8) is 0 Å². The summed E-state index contributed by atoms with van der Waals surface area (Å²) in [5, 5.41) is 11.5. The van der Waals surface area contributed by atoms with E-state index in [1.54, 1.807) is 23.2 Å². The summed E-state index contributed by atoms with van der Waals surface area (Å²) in [5.74, 6) is -2.37. The summed E-state index contributed by atoms with van der Waals surface area (Å²) in [7, 11) is 0. The van der Waals surface area contributed by atoms with Gasteiger partial charge in [0.1, 0.15) is 17.8 Å². The Balaban J connectivity index is 0.00000280. The number of hydrogen-bond acceptors (Lipinski definition) is 5. The average molecular weight is 411 g/mol. The van der Waals surface area contributed by atoms with Crippen LogP contribution in [0.1, 0.15) is 44.1 Å². The molecule has 28 heavy (non-hydrogen) atoms. The van der Waals surface area contributed by atoms with Crippen LogP contribution in [0.15, 0.2) is 18.3 Å². The monoisotopic (exact) mass is 410 g/mol. The van der Waals surface area contributed by atoms with Gasteiger partial charge in [0.2, 0.25) is 11.8 Å². The number of aromatic nitrogens is 1. The van der Waals surface area contributed by atoms with Crippen LogP contribution in [0.3, 0.4) is 0 Å². The lowest BCUT2D eigenvalue weighted by atomic mass is 9.86. The van der Waals surface area contributed by atoms with Crippen molar-refractivity contribution in [2.45, 2.75) is 51.1 Å². The fourth-order valence-corrected chi connectivity index (χ4v) is 3.93. The lowest BCUT2D eigenvalue weighted by Gasteiger charge is -2.36. The van der Waals surface area contributed by atoms with E-state index in [9.17, 15) is 19.5 Å². The summed E-state index contributed by atoms with van der Waals surface area (Å²) in [6, 6.07) is 2.31. The molecule has 1 aromatic rings. The minimum absolute atomic E-state index is 0. The molecule has 2 fully saturated rings. The molecule has 154 valence electrons. The number of rotatable bonds is 7. The highest BCUT2D eigenvalue weighted by Crippen LogP contribution is 2.27. The first-order chi connectivity index (χ1) is 13.0. The molecule has 1 aromatic heterocycles. The van der Waals surface area contributed by atoms with Crippen molar-refractivity contribution < 1.29 is 19.5 Å². The van der Waals surface area contributed by atoms with Crippen molar-refractivity contribution in [1.29, 1.82) is 0 Å². The van der Waals surface area contributed by atoms with Gasteiger partial charge in [0.15, 0.2) is 0 Å². The molecule has 0 bridgehead atoms. The number of aliphatic carboxylic acids is 1. The van der Waals surface area contributed by atoms with Gasteiger partial charge in [0, 0.05) is 19.3 Å². The van der Waals surface area contributed by atoms with Crippen LogP contribution in [0.2, 0.25) is 0 Å². The molecule has 0 aromatic carbocycles. The number of carboxylic acids is 1. The van der Waals surface area contributed by atoms with E-state index in [0.29, 0.717) is 18.3 Å². The van der Waals surface area contributed by atoms with E-state index in [1.807, 2.05) is 0 Å². The van der Waals surface area contributed by atoms with E-state index in [2.05, 4.69) is 10.3 Å². The van der Waals surface area contributed by atoms with Crippen molar-refractivity contribution in [1.82, 2.24) is 15.2 Å². The first-order valence-electron chi connectivity index (χ1n) is 9.48. The standard InChI is InChI=1S/C19H26N4O4.ClH/c20-14-10-13(6-8-21-14)11-23(9-7-12-4-2-1-3-5-12)18(25)15-16(19(26)27)22-17(15)24;/h6,8,10,12,15-16H,1-5,7,9,11H2,(H2,20,21)(H,22,24)(H,26,27);1H/t15-,16+;/m1./s1. The molecule has 0 spiro atoms. The summed E-state index contributed by atoms with van der Waals surface area (Å²) in [6.07, 6.45) is 8.44. The van der Waals surface area contributed by atoms with Gasteiger partial charge in [0.25, 0.3) is 0 Å². The highest BCUT2D eigenvalue weighted by Gasteiger charge is 2.50. The van der Waals surface area contributed by atoms with Gasteiger partial charge in [0.05, 0.1) is 0 Å². The number of nitrogens with two attached hydrogens (primary N) is 1. The quantitative estimate of drug-likeness (QED) is 0.463. The van der Waals surface area contributed by atoms with Crippen molar-refractivity contribution in [2.24, 2.45) is 11.8 Å². The Hall–Kier alpha value is -2.35. The molecular formula is C19H27ClN4O4. The van der Waals surface area contributed by atoms with Crippen molar-refractivity contribution in [3.05, 3.63) is 23.9 Å². The zero-order chi connectivity index (χ0) is 19.4. The molecule has 1 saturated carbocycles. The third-order valence-corrected chi connectivity index (χ3v) is 5.51. The molecule has 0 radical (unpaired) electrons. The summed E-state index contributed by atoms with van der Waals surface area (Å²) in [4.78, 5) is 41.6. The predicted molar refractivity (Wildman–Crippen MR) is 106 cm³/mol. The summed E-state index contributed by atoms with van der Waals surface area (Å²) < 4.78 is 0. The number of pyridine rings is 1. The van der Waals surface area contributed by atoms with Gasteiger partial charge in [-0.3, -0.25) is 9.59 Å². The second-order valence-electron chi connectivity index (χ2n) is 7.44. The minimum atomic E-state index is -1.19. The molecule has 2 heterocycles. The summed E-state index contributed by atoms with van der Waals surface area (Å²) in [6.45, 7) is 0.788. The van der Waals surface area contributed by atoms with Crippen LogP contribution in [-0.2, 0) is 20.9 Å². The van der Waals surface area contributed by atoms with E-state index in [-0.39, 0.29) is 19.0 Å². The fraction of sp³-hybridized carbons (Fsp3) is 0.579. The first-order valence-corrected chi connectivity index (χ1v) is 9.48. The molecule has 3 rings (SSSR count). The molecular weight excluding hydrogens is 384 g/mol. The third kappa shape index (κ3) is 5.13. The number of nitrogens with zero attached hydrogens (tertiary/aromatic N) is 2. The van der Waals surface area contributed by atoms with Crippen molar-refractivity contribution >= 4 is 36.0 Å². The molecule has 8 nitrogen and oxygen atoms in total. The lowest BCUT2D eigenvalue weighted by Crippen LogP contribution is -2.66. The Morgan fingerprint density at radius 3 is 2.61 bits per heavy atom. The van der Waals surface area contributed by atoms with Crippen LogP contribution in [-0.4, -0.2) is 45.4 Å². The lowest BCUT2D eigenvalue weighted by molar-refractivity contribution is -0.161. The molecule has 1 aliphatic carbocycles. The van der Waals surface area contributed by atoms with E-state index < -0.39 is 29.7 Å². The molecule has 2 amide bonds. The molecule has 2 aliphatic rings. The van der Waals surface area contributed by atoms with Crippen LogP contribution in [0.4, 0.5) is 5.82 Å². The van der Waals surface area contributed by atoms with E-state index in [1.165, 1.54) is 19.3 Å². The second kappa shape index (κ2) is 9.73. The summed E-state index contributed by atoms with van der Waals surface area (Å²) in [5.41, 5.74) is 6.54. The molecule has 1 aliphatic heterocycles. The zero-order valence-corrected chi connectivity index (χ0v) is 16.5. The number of hydrogen-bond donors (Lipinski definition) is 3. The molecule has 0 unspecified atom stereocenters. The van der Waals surface area contributed by atoms with Gasteiger partial charge in [-0.05, 0) is 30.0 Å². The normalized spacial score (nSPS) is 21.8. The number of amides is 2. The van der Waals surface area contributed by atoms with Gasteiger partial charge in [-0.15, -0.1) is 12.4 Å². The predicted octanol–water partition coefficient (Wildman–Crippen LogP) is 1.58. The second-order valence-corrected chi connectivity index (χ2v) is 7.44. The van der Waals surface area contributed by atoms with Crippen LogP contribution in [0.5, 0.6) is 0 Å². The fourth-order valence-electron chi connectivity index (χ4n) is 3.93. The molecule has 4 N–H and O–H groups in total. The Morgan fingerprint density at radius 2 is 2.00 bits per heavy atom. The van der Waals surface area contributed by atoms with Crippen LogP contribution < -0.4 is 11.1 Å². The number of β-lactam (4-membered cyclic amide) rings is 1. The number of carboxylic acid groups (broad SMARTS) is 1. The molecule has 9 heteroatoms. The van der Waals surface area contributed by atoms with E-state index in [0.717, 1.165) is 24.8 Å². The minimum Gasteiger partial charge on any atom is -0.480 e. The van der Waals surface area contributed by atoms with E-state index >= 15 is 0 Å². The summed E-state index contributed by atoms with van der Waals surface area (Å²) >= 11 is 0. The van der Waals surface area contributed by atoms with E-state index in [4.69, 9.17) is 5.73 Å². The van der Waals surface area contributed by atoms with Gasteiger partial charge in [-0.1, -0.05) is 32.1 Å². The SMILES string of the molecule is Cl.Nc1cc(CN(CCC2CCCCC2)C(=O)[C@H]2C(=O)N[C@@H]2C(=O)O)ccn1. The maximum Gasteiger partial charge on any atom is 0.327 e. The number of nitrogen functional groups attached to an aromatic ring is 1. The number of carbonyl (C=O) groups excluding carboxylic acids is 2. The Bertz CT molecular complexity index is 724. The van der Waals surface area contributed by atoms with Crippen molar-refractivity contribution in [3.8, 4) is 0 Å². The number of halogens is 1. The van der Waals surface area contributed by atoms with Crippen LogP contribution in [0.25, 0.3) is 0 Å². The topological polar surface area (TPSA) is 126 Å².